The van der Waals surface area contributed by atoms with Crippen LogP contribution in [0.25, 0.3) is 22.6 Å². The average Bonchev–Trinajstić information content (AvgIpc) is 3.17. The molecule has 1 amide bonds. The number of fused-ring (bicyclic) bond motifs is 1. The number of hydrogen-bond acceptors (Lipinski definition) is 3. The molecule has 2 N–H and O–H groups in total. The van der Waals surface area contributed by atoms with E-state index in [9.17, 15) is 9.18 Å². The summed E-state index contributed by atoms with van der Waals surface area (Å²) < 4.78 is 15.1. The molecular formula is C19H16FN5O. The van der Waals surface area contributed by atoms with Gasteiger partial charge in [0.05, 0.1) is 12.7 Å². The fourth-order valence-electron chi connectivity index (χ4n) is 2.82. The Bertz CT molecular complexity index is 1080. The molecule has 7 heteroatoms. The molecule has 0 unspecified atom stereocenters. The molecule has 0 atom stereocenters. The first-order chi connectivity index (χ1) is 12.6. The second kappa shape index (κ2) is 6.44. The van der Waals surface area contributed by atoms with Crippen molar-refractivity contribution >= 4 is 22.8 Å². The van der Waals surface area contributed by atoms with Gasteiger partial charge in [0.15, 0.2) is 5.65 Å². The van der Waals surface area contributed by atoms with E-state index in [2.05, 4.69) is 20.4 Å². The molecule has 2 heterocycles. The van der Waals surface area contributed by atoms with Crippen LogP contribution in [-0.4, -0.2) is 25.7 Å². The van der Waals surface area contributed by atoms with Gasteiger partial charge in [-0.25, -0.2) is 14.1 Å². The molecule has 0 saturated heterocycles. The van der Waals surface area contributed by atoms with E-state index in [0.717, 1.165) is 22.3 Å². The van der Waals surface area contributed by atoms with Crippen LogP contribution >= 0.6 is 0 Å². The van der Waals surface area contributed by atoms with Gasteiger partial charge in [-0.05, 0) is 42.0 Å². The van der Waals surface area contributed by atoms with Crippen molar-refractivity contribution < 1.29 is 9.18 Å². The summed E-state index contributed by atoms with van der Waals surface area (Å²) in [4.78, 5) is 18.9. The molecule has 0 aliphatic carbocycles. The van der Waals surface area contributed by atoms with Gasteiger partial charge >= 0.3 is 0 Å². The highest BCUT2D eigenvalue weighted by Gasteiger charge is 2.11. The topological polar surface area (TPSA) is 75.6 Å². The molecule has 4 aromatic rings. The van der Waals surface area contributed by atoms with Gasteiger partial charge in [0.2, 0.25) is 5.91 Å². The van der Waals surface area contributed by atoms with Crippen LogP contribution in [0.3, 0.4) is 0 Å². The Morgan fingerprint density at radius 2 is 2.04 bits per heavy atom. The molecule has 0 saturated carbocycles. The minimum atomic E-state index is -0.270. The SMILES string of the molecule is CC(=O)Nc1ccc(-c2nc3c(cnn3Cc3cccc(F)c3)[nH]2)cc1. The number of aromatic nitrogens is 4. The summed E-state index contributed by atoms with van der Waals surface area (Å²) in [6.07, 6.45) is 1.71. The van der Waals surface area contributed by atoms with Gasteiger partial charge in [0.1, 0.15) is 17.2 Å². The molecule has 0 bridgehead atoms. The smallest absolute Gasteiger partial charge is 0.221 e. The van der Waals surface area contributed by atoms with E-state index in [4.69, 9.17) is 0 Å². The lowest BCUT2D eigenvalue weighted by Crippen LogP contribution is -2.05. The Morgan fingerprint density at radius 1 is 1.23 bits per heavy atom. The maximum atomic E-state index is 13.4. The Hall–Kier alpha value is -3.48. The molecular weight excluding hydrogens is 333 g/mol. The summed E-state index contributed by atoms with van der Waals surface area (Å²) in [7, 11) is 0. The number of nitrogens with zero attached hydrogens (tertiary/aromatic N) is 3. The maximum Gasteiger partial charge on any atom is 0.221 e. The van der Waals surface area contributed by atoms with Crippen LogP contribution in [-0.2, 0) is 11.3 Å². The molecule has 0 spiro atoms. The lowest BCUT2D eigenvalue weighted by Gasteiger charge is -2.03. The van der Waals surface area contributed by atoms with Crippen LogP contribution in [0.15, 0.2) is 54.7 Å². The molecule has 0 radical (unpaired) electrons. The average molecular weight is 349 g/mol. The monoisotopic (exact) mass is 349 g/mol. The molecule has 0 aliphatic rings. The zero-order valence-electron chi connectivity index (χ0n) is 14.0. The molecule has 0 fully saturated rings. The van der Waals surface area contributed by atoms with Crippen molar-refractivity contribution in [1.29, 1.82) is 0 Å². The first-order valence-corrected chi connectivity index (χ1v) is 8.12. The highest BCUT2D eigenvalue weighted by atomic mass is 19.1. The Morgan fingerprint density at radius 3 is 2.77 bits per heavy atom. The summed E-state index contributed by atoms with van der Waals surface area (Å²) in [6, 6.07) is 13.8. The van der Waals surface area contributed by atoms with Gasteiger partial charge in [0, 0.05) is 18.2 Å². The Balaban J connectivity index is 1.62. The second-order valence-corrected chi connectivity index (χ2v) is 6.01. The minimum absolute atomic E-state index is 0.112. The maximum absolute atomic E-state index is 13.4. The van der Waals surface area contributed by atoms with E-state index < -0.39 is 0 Å². The second-order valence-electron chi connectivity index (χ2n) is 6.01. The number of hydrogen-bond donors (Lipinski definition) is 2. The third-order valence-corrected chi connectivity index (χ3v) is 3.98. The zero-order chi connectivity index (χ0) is 18.1. The number of amides is 1. The summed E-state index contributed by atoms with van der Waals surface area (Å²) in [6.45, 7) is 1.91. The molecule has 2 aromatic heterocycles. The van der Waals surface area contributed by atoms with Crippen molar-refractivity contribution in [2.45, 2.75) is 13.5 Å². The highest BCUT2D eigenvalue weighted by molar-refractivity contribution is 5.89. The third-order valence-electron chi connectivity index (χ3n) is 3.98. The van der Waals surface area contributed by atoms with Crippen molar-refractivity contribution in [3.8, 4) is 11.4 Å². The van der Waals surface area contributed by atoms with Gasteiger partial charge in [-0.3, -0.25) is 4.79 Å². The molecule has 2 aromatic carbocycles. The lowest BCUT2D eigenvalue weighted by molar-refractivity contribution is -0.114. The van der Waals surface area contributed by atoms with Crippen molar-refractivity contribution in [2.75, 3.05) is 5.32 Å². The summed E-state index contributed by atoms with van der Waals surface area (Å²) in [5.41, 5.74) is 3.96. The molecule has 6 nitrogen and oxygen atoms in total. The van der Waals surface area contributed by atoms with Gasteiger partial charge in [-0.1, -0.05) is 12.1 Å². The van der Waals surface area contributed by atoms with Crippen molar-refractivity contribution in [1.82, 2.24) is 19.7 Å². The van der Waals surface area contributed by atoms with Crippen LogP contribution in [0, 0.1) is 5.82 Å². The van der Waals surface area contributed by atoms with Gasteiger partial charge in [0.25, 0.3) is 0 Å². The quantitative estimate of drug-likeness (QED) is 0.591. The van der Waals surface area contributed by atoms with E-state index in [1.807, 2.05) is 30.3 Å². The molecule has 26 heavy (non-hydrogen) atoms. The van der Waals surface area contributed by atoms with Gasteiger partial charge in [-0.2, -0.15) is 5.10 Å². The number of halogens is 1. The largest absolute Gasteiger partial charge is 0.335 e. The molecule has 4 rings (SSSR count). The number of aromatic amines is 1. The number of carbonyl (C=O) groups is 1. The van der Waals surface area contributed by atoms with E-state index >= 15 is 0 Å². The summed E-state index contributed by atoms with van der Waals surface area (Å²) in [5, 5.41) is 7.05. The number of benzene rings is 2. The van der Waals surface area contributed by atoms with E-state index in [1.165, 1.54) is 19.1 Å². The molecule has 130 valence electrons. The van der Waals surface area contributed by atoms with Crippen LogP contribution in [0.4, 0.5) is 10.1 Å². The zero-order valence-corrected chi connectivity index (χ0v) is 14.0. The fraction of sp³-hybridized carbons (Fsp3) is 0.105. The highest BCUT2D eigenvalue weighted by Crippen LogP contribution is 2.22. The summed E-state index contributed by atoms with van der Waals surface area (Å²) in [5.74, 6) is 0.326. The van der Waals surface area contributed by atoms with E-state index in [-0.39, 0.29) is 11.7 Å². The Labute approximate surface area is 148 Å². The third kappa shape index (κ3) is 3.19. The van der Waals surface area contributed by atoms with Crippen molar-refractivity contribution in [2.24, 2.45) is 0 Å². The Kier molecular flexibility index (Phi) is 3.96. The standard InChI is InChI=1S/C19H16FN5O/c1-12(26)22-16-7-5-14(6-8-16)18-23-17-10-21-25(19(17)24-18)11-13-3-2-4-15(20)9-13/h2-10H,11H2,1H3,(H,22,26)(H,23,24). The predicted molar refractivity (Wildman–Crippen MR) is 97.1 cm³/mol. The fourth-order valence-corrected chi connectivity index (χ4v) is 2.82. The summed E-state index contributed by atoms with van der Waals surface area (Å²) >= 11 is 0. The number of imidazole rings is 1. The number of H-pyrrole nitrogens is 1. The van der Waals surface area contributed by atoms with Crippen molar-refractivity contribution in [3.63, 3.8) is 0 Å². The number of carbonyl (C=O) groups excluding carboxylic acids is 1. The normalized spacial score (nSPS) is 11.0. The lowest BCUT2D eigenvalue weighted by atomic mass is 10.2. The first kappa shape index (κ1) is 16.0. The van der Waals surface area contributed by atoms with Crippen LogP contribution in [0.1, 0.15) is 12.5 Å². The van der Waals surface area contributed by atoms with Crippen LogP contribution in [0.2, 0.25) is 0 Å². The minimum Gasteiger partial charge on any atom is -0.335 e. The number of rotatable bonds is 4. The van der Waals surface area contributed by atoms with Gasteiger partial charge < -0.3 is 10.3 Å². The predicted octanol–water partition coefficient (Wildman–Crippen LogP) is 3.57. The molecule has 0 aliphatic heterocycles. The first-order valence-electron chi connectivity index (χ1n) is 8.12. The number of anilines is 1. The van der Waals surface area contributed by atoms with Gasteiger partial charge in [-0.15, -0.1) is 0 Å². The van der Waals surface area contributed by atoms with Crippen LogP contribution in [0.5, 0.6) is 0 Å². The number of nitrogens with one attached hydrogen (secondary N) is 2. The van der Waals surface area contributed by atoms with Crippen molar-refractivity contribution in [3.05, 3.63) is 66.1 Å². The van der Waals surface area contributed by atoms with E-state index in [0.29, 0.717) is 18.0 Å². The van der Waals surface area contributed by atoms with E-state index in [1.54, 1.807) is 16.9 Å². The van der Waals surface area contributed by atoms with Crippen LogP contribution < -0.4 is 5.32 Å².